The van der Waals surface area contributed by atoms with Crippen LogP contribution in [0.25, 0.3) is 0 Å². The maximum absolute atomic E-state index is 12.5. The van der Waals surface area contributed by atoms with E-state index in [4.69, 9.17) is 5.11 Å². The molecule has 1 N–H and O–H groups in total. The third-order valence-electron chi connectivity index (χ3n) is 4.33. The fourth-order valence-electron chi connectivity index (χ4n) is 2.89. The summed E-state index contributed by atoms with van der Waals surface area (Å²) in [6, 6.07) is 7.72. The summed E-state index contributed by atoms with van der Waals surface area (Å²) in [5.41, 5.74) is 1.89. The van der Waals surface area contributed by atoms with Crippen molar-refractivity contribution in [2.75, 3.05) is 13.1 Å². The van der Waals surface area contributed by atoms with Crippen LogP contribution in [0.15, 0.2) is 24.3 Å². The zero-order chi connectivity index (χ0) is 15.6. The van der Waals surface area contributed by atoms with Gasteiger partial charge in [0.15, 0.2) is 0 Å². The summed E-state index contributed by atoms with van der Waals surface area (Å²) < 4.78 is 0. The van der Waals surface area contributed by atoms with Crippen molar-refractivity contribution in [3.05, 3.63) is 35.4 Å². The first kappa shape index (κ1) is 15.5. The first-order valence-electron chi connectivity index (χ1n) is 7.52. The maximum atomic E-state index is 12.5. The van der Waals surface area contributed by atoms with E-state index in [2.05, 4.69) is 13.8 Å². The number of hydrogen-bond donors (Lipinski definition) is 1. The molecule has 1 amide bonds. The van der Waals surface area contributed by atoms with Gasteiger partial charge in [-0.25, -0.2) is 0 Å². The van der Waals surface area contributed by atoms with Crippen LogP contribution in [0.4, 0.5) is 0 Å². The third kappa shape index (κ3) is 3.43. The molecule has 0 spiro atoms. The lowest BCUT2D eigenvalue weighted by atomic mass is 9.87. The van der Waals surface area contributed by atoms with Gasteiger partial charge in [-0.1, -0.05) is 32.9 Å². The molecule has 21 heavy (non-hydrogen) atoms. The summed E-state index contributed by atoms with van der Waals surface area (Å²) >= 11 is 0. The molecule has 0 saturated carbocycles. The number of likely N-dealkylation sites (tertiary alicyclic amines) is 1. The van der Waals surface area contributed by atoms with Gasteiger partial charge in [0, 0.05) is 18.7 Å². The van der Waals surface area contributed by atoms with E-state index in [-0.39, 0.29) is 17.7 Å². The molecular weight excluding hydrogens is 266 g/mol. The Kier molecular flexibility index (Phi) is 4.66. The van der Waals surface area contributed by atoms with E-state index in [1.54, 1.807) is 4.90 Å². The monoisotopic (exact) mass is 289 g/mol. The van der Waals surface area contributed by atoms with Gasteiger partial charge >= 0.3 is 5.97 Å². The van der Waals surface area contributed by atoms with Crippen molar-refractivity contribution in [1.82, 2.24) is 4.90 Å². The van der Waals surface area contributed by atoms with E-state index in [1.807, 2.05) is 31.2 Å². The molecule has 1 heterocycles. The van der Waals surface area contributed by atoms with Gasteiger partial charge in [0.1, 0.15) is 0 Å². The zero-order valence-electron chi connectivity index (χ0n) is 12.9. The Balaban J connectivity index is 2.05. The Morgan fingerprint density at radius 1 is 1.24 bits per heavy atom. The number of carboxylic acid groups (broad SMARTS) is 1. The lowest BCUT2D eigenvalue weighted by molar-refractivity contribution is -0.145. The van der Waals surface area contributed by atoms with Crippen LogP contribution < -0.4 is 0 Å². The van der Waals surface area contributed by atoms with Crippen LogP contribution >= 0.6 is 0 Å². The van der Waals surface area contributed by atoms with Crippen molar-refractivity contribution in [2.24, 2.45) is 11.8 Å². The number of benzene rings is 1. The second kappa shape index (κ2) is 6.29. The van der Waals surface area contributed by atoms with E-state index in [0.717, 1.165) is 0 Å². The molecule has 0 aliphatic carbocycles. The third-order valence-corrected chi connectivity index (χ3v) is 4.33. The van der Waals surface area contributed by atoms with Gasteiger partial charge in [-0.2, -0.15) is 0 Å². The average molecular weight is 289 g/mol. The molecule has 0 bridgehead atoms. The van der Waals surface area contributed by atoms with Crippen molar-refractivity contribution in [3.63, 3.8) is 0 Å². The molecule has 1 aliphatic rings. The highest BCUT2D eigenvalue weighted by Crippen LogP contribution is 2.25. The number of rotatable bonds is 3. The summed E-state index contributed by atoms with van der Waals surface area (Å²) in [5.74, 6) is -0.648. The molecule has 4 heteroatoms. The SMILES string of the molecule is CC(C)c1ccc(C(=O)N2CCC(C(=O)O)C(C)C2)cc1. The smallest absolute Gasteiger partial charge is 0.306 e. The molecule has 2 rings (SSSR count). The Morgan fingerprint density at radius 3 is 2.33 bits per heavy atom. The number of nitrogens with zero attached hydrogens (tertiary/aromatic N) is 1. The Morgan fingerprint density at radius 2 is 1.86 bits per heavy atom. The quantitative estimate of drug-likeness (QED) is 0.930. The predicted molar refractivity (Wildman–Crippen MR) is 81.3 cm³/mol. The second-order valence-corrected chi connectivity index (χ2v) is 6.24. The molecule has 1 aliphatic heterocycles. The molecule has 1 saturated heterocycles. The lowest BCUT2D eigenvalue weighted by Gasteiger charge is -2.35. The number of aliphatic carboxylic acids is 1. The summed E-state index contributed by atoms with van der Waals surface area (Å²) in [4.78, 5) is 25.4. The minimum Gasteiger partial charge on any atom is -0.481 e. The standard InChI is InChI=1S/C17H23NO3/c1-11(2)13-4-6-14(7-5-13)16(19)18-9-8-15(17(20)21)12(3)10-18/h4-7,11-12,15H,8-10H2,1-3H3,(H,20,21). The molecule has 1 aromatic rings. The number of carbonyl (C=O) groups is 2. The molecule has 2 atom stereocenters. The van der Waals surface area contributed by atoms with E-state index < -0.39 is 5.97 Å². The molecule has 4 nitrogen and oxygen atoms in total. The molecule has 2 unspecified atom stereocenters. The summed E-state index contributed by atoms with van der Waals surface area (Å²) in [7, 11) is 0. The minimum atomic E-state index is -0.754. The van der Waals surface area contributed by atoms with Crippen LogP contribution in [0.3, 0.4) is 0 Å². The normalized spacial score (nSPS) is 22.4. The molecule has 1 fully saturated rings. The van der Waals surface area contributed by atoms with Gasteiger partial charge in [-0.15, -0.1) is 0 Å². The first-order valence-corrected chi connectivity index (χ1v) is 7.52. The van der Waals surface area contributed by atoms with Crippen molar-refractivity contribution >= 4 is 11.9 Å². The van der Waals surface area contributed by atoms with Crippen LogP contribution in [0, 0.1) is 11.8 Å². The topological polar surface area (TPSA) is 57.6 Å². The van der Waals surface area contributed by atoms with Gasteiger partial charge in [0.25, 0.3) is 5.91 Å². The fourth-order valence-corrected chi connectivity index (χ4v) is 2.89. The minimum absolute atomic E-state index is 0.000921. The van der Waals surface area contributed by atoms with Gasteiger partial charge in [-0.05, 0) is 36.0 Å². The van der Waals surface area contributed by atoms with E-state index >= 15 is 0 Å². The van der Waals surface area contributed by atoms with Crippen molar-refractivity contribution < 1.29 is 14.7 Å². The fraction of sp³-hybridized carbons (Fsp3) is 0.529. The second-order valence-electron chi connectivity index (χ2n) is 6.24. The molecule has 0 aromatic heterocycles. The van der Waals surface area contributed by atoms with Crippen LogP contribution in [-0.2, 0) is 4.79 Å². The van der Waals surface area contributed by atoms with Gasteiger partial charge < -0.3 is 10.0 Å². The molecule has 114 valence electrons. The lowest BCUT2D eigenvalue weighted by Crippen LogP contribution is -2.45. The highest BCUT2D eigenvalue weighted by molar-refractivity contribution is 5.94. The number of carbonyl (C=O) groups excluding carboxylic acids is 1. The van der Waals surface area contributed by atoms with Crippen molar-refractivity contribution in [2.45, 2.75) is 33.1 Å². The first-order chi connectivity index (χ1) is 9.90. The maximum Gasteiger partial charge on any atom is 0.306 e. The van der Waals surface area contributed by atoms with Crippen LogP contribution in [-0.4, -0.2) is 35.0 Å². The Labute approximate surface area is 125 Å². The molecule has 0 radical (unpaired) electrons. The van der Waals surface area contributed by atoms with Gasteiger partial charge in [0.2, 0.25) is 0 Å². The summed E-state index contributed by atoms with van der Waals surface area (Å²) in [6.07, 6.45) is 0.534. The predicted octanol–water partition coefficient (Wildman–Crippen LogP) is 2.99. The van der Waals surface area contributed by atoms with Crippen molar-refractivity contribution in [3.8, 4) is 0 Å². The van der Waals surface area contributed by atoms with Gasteiger partial charge in [0.05, 0.1) is 5.92 Å². The number of carboxylic acids is 1. The van der Waals surface area contributed by atoms with Crippen LogP contribution in [0.5, 0.6) is 0 Å². The molecular formula is C17H23NO3. The van der Waals surface area contributed by atoms with Gasteiger partial charge in [-0.3, -0.25) is 9.59 Å². The molecule has 1 aromatic carbocycles. The Bertz CT molecular complexity index is 521. The summed E-state index contributed by atoms with van der Waals surface area (Å²) in [6.45, 7) is 7.18. The highest BCUT2D eigenvalue weighted by Gasteiger charge is 2.33. The van der Waals surface area contributed by atoms with E-state index in [0.29, 0.717) is 31.0 Å². The van der Waals surface area contributed by atoms with Crippen LogP contribution in [0.2, 0.25) is 0 Å². The Hall–Kier alpha value is -1.84. The highest BCUT2D eigenvalue weighted by atomic mass is 16.4. The van der Waals surface area contributed by atoms with Crippen molar-refractivity contribution in [1.29, 1.82) is 0 Å². The van der Waals surface area contributed by atoms with Crippen LogP contribution in [0.1, 0.15) is 49.0 Å². The zero-order valence-corrected chi connectivity index (χ0v) is 12.9. The number of hydrogen-bond acceptors (Lipinski definition) is 2. The number of amides is 1. The van der Waals surface area contributed by atoms with E-state index in [1.165, 1.54) is 5.56 Å². The number of piperidine rings is 1. The average Bonchev–Trinajstić information content (AvgIpc) is 2.46. The summed E-state index contributed by atoms with van der Waals surface area (Å²) in [5, 5.41) is 9.13. The largest absolute Gasteiger partial charge is 0.481 e. The van der Waals surface area contributed by atoms with E-state index in [9.17, 15) is 9.59 Å².